The van der Waals surface area contributed by atoms with E-state index in [1.54, 1.807) is 0 Å². The van der Waals surface area contributed by atoms with Crippen LogP contribution in [0.2, 0.25) is 0 Å². The summed E-state index contributed by atoms with van der Waals surface area (Å²) in [4.78, 5) is 0. The minimum atomic E-state index is -0.209. The zero-order valence-electron chi connectivity index (χ0n) is 8.11. The van der Waals surface area contributed by atoms with Crippen molar-refractivity contribution in [3.63, 3.8) is 0 Å². The van der Waals surface area contributed by atoms with Crippen LogP contribution in [-0.2, 0) is 0 Å². The van der Waals surface area contributed by atoms with Gasteiger partial charge in [0.25, 0.3) is 0 Å². The number of aliphatic hydroxyl groups is 2. The summed E-state index contributed by atoms with van der Waals surface area (Å²) in [6, 6.07) is 0.326. The van der Waals surface area contributed by atoms with Crippen LogP contribution in [0, 0.1) is 11.8 Å². The third-order valence-corrected chi connectivity index (χ3v) is 3.84. The SMILES string of the molecule is CNC1C2CCC1C(O)CCC2O. The van der Waals surface area contributed by atoms with Crippen LogP contribution in [0.25, 0.3) is 0 Å². The Balaban J connectivity index is 2.17. The summed E-state index contributed by atoms with van der Waals surface area (Å²) in [6.45, 7) is 0. The lowest BCUT2D eigenvalue weighted by atomic mass is 9.94. The first-order valence-electron chi connectivity index (χ1n) is 5.27. The molecule has 13 heavy (non-hydrogen) atoms. The molecule has 0 aromatic carbocycles. The second-order valence-electron chi connectivity index (χ2n) is 4.43. The third kappa shape index (κ3) is 1.49. The first-order valence-corrected chi connectivity index (χ1v) is 5.27. The summed E-state index contributed by atoms with van der Waals surface area (Å²) in [5.74, 6) is 0.735. The highest BCUT2D eigenvalue weighted by molar-refractivity contribution is 4.98. The fourth-order valence-corrected chi connectivity index (χ4v) is 3.12. The molecule has 0 radical (unpaired) electrons. The second kappa shape index (κ2) is 3.56. The lowest BCUT2D eigenvalue weighted by Gasteiger charge is -2.25. The van der Waals surface area contributed by atoms with Gasteiger partial charge in [0, 0.05) is 17.9 Å². The van der Waals surface area contributed by atoms with Gasteiger partial charge >= 0.3 is 0 Å². The average Bonchev–Trinajstić information content (AvgIpc) is 2.51. The molecular formula is C10H19NO2. The van der Waals surface area contributed by atoms with Gasteiger partial charge in [-0.25, -0.2) is 0 Å². The highest BCUT2D eigenvalue weighted by Gasteiger charge is 2.44. The molecule has 4 unspecified atom stereocenters. The van der Waals surface area contributed by atoms with Crippen LogP contribution in [0.4, 0.5) is 0 Å². The molecule has 76 valence electrons. The minimum absolute atomic E-state index is 0.209. The maximum absolute atomic E-state index is 9.84. The summed E-state index contributed by atoms with van der Waals surface area (Å²) >= 11 is 0. The first kappa shape index (κ1) is 9.44. The zero-order valence-corrected chi connectivity index (χ0v) is 8.11. The molecule has 0 amide bonds. The Hall–Kier alpha value is -0.120. The van der Waals surface area contributed by atoms with E-state index in [1.165, 1.54) is 0 Å². The number of aliphatic hydroxyl groups excluding tert-OH is 2. The molecule has 0 heterocycles. The highest BCUT2D eigenvalue weighted by Crippen LogP contribution is 2.40. The molecule has 0 aromatic rings. The second-order valence-corrected chi connectivity index (χ2v) is 4.43. The van der Waals surface area contributed by atoms with Crippen LogP contribution >= 0.6 is 0 Å². The monoisotopic (exact) mass is 185 g/mol. The molecule has 0 aromatic heterocycles. The number of hydrogen-bond acceptors (Lipinski definition) is 3. The topological polar surface area (TPSA) is 52.5 Å². The standard InChI is InChI=1S/C10H19NO2/c1-11-10-6-2-3-7(10)9(13)5-4-8(6)12/h6-13H,2-5H2,1H3. The molecule has 3 nitrogen and oxygen atoms in total. The van der Waals surface area contributed by atoms with Crippen molar-refractivity contribution < 1.29 is 10.2 Å². The lowest BCUT2D eigenvalue weighted by Crippen LogP contribution is -2.40. The van der Waals surface area contributed by atoms with Crippen molar-refractivity contribution in [2.45, 2.75) is 43.9 Å². The van der Waals surface area contributed by atoms with Gasteiger partial charge in [-0.05, 0) is 32.7 Å². The van der Waals surface area contributed by atoms with Gasteiger partial charge in [-0.3, -0.25) is 0 Å². The van der Waals surface area contributed by atoms with Crippen LogP contribution in [-0.4, -0.2) is 35.5 Å². The average molecular weight is 185 g/mol. The lowest BCUT2D eigenvalue weighted by molar-refractivity contribution is 0.0801. The normalized spacial score (nSPS) is 50.5. The molecule has 2 bridgehead atoms. The van der Waals surface area contributed by atoms with Gasteiger partial charge in [0.1, 0.15) is 0 Å². The van der Waals surface area contributed by atoms with E-state index >= 15 is 0 Å². The summed E-state index contributed by atoms with van der Waals surface area (Å²) in [7, 11) is 1.93. The van der Waals surface area contributed by atoms with Crippen molar-refractivity contribution in [2.24, 2.45) is 11.8 Å². The Morgan fingerprint density at radius 1 is 0.923 bits per heavy atom. The van der Waals surface area contributed by atoms with Gasteiger partial charge in [0.05, 0.1) is 12.2 Å². The molecule has 0 saturated heterocycles. The molecule has 2 aliphatic carbocycles. The number of fused-ring (bicyclic) bond motifs is 2. The third-order valence-electron chi connectivity index (χ3n) is 3.84. The quantitative estimate of drug-likeness (QED) is 0.544. The summed E-state index contributed by atoms with van der Waals surface area (Å²) in [5.41, 5.74) is 0. The maximum Gasteiger partial charge on any atom is 0.0584 e. The number of nitrogens with one attached hydrogen (secondary N) is 1. The smallest absolute Gasteiger partial charge is 0.0584 e. The Kier molecular flexibility index (Phi) is 2.58. The van der Waals surface area contributed by atoms with E-state index < -0.39 is 0 Å². The van der Waals surface area contributed by atoms with Gasteiger partial charge in [-0.1, -0.05) is 0 Å². The van der Waals surface area contributed by atoms with Crippen molar-refractivity contribution in [1.29, 1.82) is 0 Å². The first-order chi connectivity index (χ1) is 6.24. The molecular weight excluding hydrogens is 166 g/mol. The van der Waals surface area contributed by atoms with Crippen molar-refractivity contribution in [3.8, 4) is 0 Å². The molecule has 3 N–H and O–H groups in total. The molecule has 4 atom stereocenters. The van der Waals surface area contributed by atoms with Gasteiger partial charge in [0.2, 0.25) is 0 Å². The molecule has 2 rings (SSSR count). The van der Waals surface area contributed by atoms with E-state index in [9.17, 15) is 10.2 Å². The summed E-state index contributed by atoms with van der Waals surface area (Å²) < 4.78 is 0. The van der Waals surface area contributed by atoms with E-state index in [1.807, 2.05) is 7.05 Å². The Labute approximate surface area is 79.2 Å². The van der Waals surface area contributed by atoms with Crippen LogP contribution in [0.15, 0.2) is 0 Å². The fraction of sp³-hybridized carbons (Fsp3) is 1.00. The van der Waals surface area contributed by atoms with Gasteiger partial charge in [-0.15, -0.1) is 0 Å². The fourth-order valence-electron chi connectivity index (χ4n) is 3.12. The van der Waals surface area contributed by atoms with E-state index in [4.69, 9.17) is 0 Å². The van der Waals surface area contributed by atoms with Crippen molar-refractivity contribution in [2.75, 3.05) is 7.05 Å². The molecule has 2 aliphatic rings. The minimum Gasteiger partial charge on any atom is -0.393 e. The molecule has 3 heteroatoms. The largest absolute Gasteiger partial charge is 0.393 e. The number of rotatable bonds is 1. The van der Waals surface area contributed by atoms with Gasteiger partial charge < -0.3 is 15.5 Å². The van der Waals surface area contributed by atoms with Crippen LogP contribution in [0.3, 0.4) is 0 Å². The van der Waals surface area contributed by atoms with Crippen LogP contribution in [0.5, 0.6) is 0 Å². The highest BCUT2D eigenvalue weighted by atomic mass is 16.3. The predicted octanol–water partition coefficient (Wildman–Crippen LogP) is 0.116. The molecule has 2 saturated carbocycles. The van der Waals surface area contributed by atoms with Crippen LogP contribution < -0.4 is 5.32 Å². The molecule has 0 spiro atoms. The van der Waals surface area contributed by atoms with E-state index in [0.29, 0.717) is 17.9 Å². The maximum atomic E-state index is 9.84. The van der Waals surface area contributed by atoms with Gasteiger partial charge in [0.15, 0.2) is 0 Å². The van der Waals surface area contributed by atoms with Crippen molar-refractivity contribution in [1.82, 2.24) is 5.32 Å². The Bertz CT molecular complexity index is 168. The van der Waals surface area contributed by atoms with Crippen LogP contribution in [0.1, 0.15) is 25.7 Å². The van der Waals surface area contributed by atoms with E-state index in [2.05, 4.69) is 5.32 Å². The van der Waals surface area contributed by atoms with Crippen molar-refractivity contribution in [3.05, 3.63) is 0 Å². The van der Waals surface area contributed by atoms with E-state index in [0.717, 1.165) is 25.7 Å². The van der Waals surface area contributed by atoms with Crippen molar-refractivity contribution >= 4 is 0 Å². The predicted molar refractivity (Wildman–Crippen MR) is 50.3 cm³/mol. The number of hydrogen-bond donors (Lipinski definition) is 3. The molecule has 0 aliphatic heterocycles. The summed E-state index contributed by atoms with van der Waals surface area (Å²) in [5, 5.41) is 22.9. The zero-order chi connectivity index (χ0) is 9.42. The Morgan fingerprint density at radius 2 is 1.38 bits per heavy atom. The Morgan fingerprint density at radius 3 is 1.77 bits per heavy atom. The molecule has 2 fully saturated rings. The van der Waals surface area contributed by atoms with E-state index in [-0.39, 0.29) is 12.2 Å². The van der Waals surface area contributed by atoms with Gasteiger partial charge in [-0.2, -0.15) is 0 Å². The summed E-state index contributed by atoms with van der Waals surface area (Å²) in [6.07, 6.45) is 3.24.